The van der Waals surface area contributed by atoms with Crippen LogP contribution in [0.5, 0.6) is 0 Å². The summed E-state index contributed by atoms with van der Waals surface area (Å²) in [6, 6.07) is 6.16. The Morgan fingerprint density at radius 2 is 2.14 bits per heavy atom. The van der Waals surface area contributed by atoms with E-state index in [9.17, 15) is 8.42 Å². The average Bonchev–Trinajstić information content (AvgIpc) is 2.77. The summed E-state index contributed by atoms with van der Waals surface area (Å²) in [7, 11) is -3.83. The molecule has 0 saturated carbocycles. The second-order valence-corrected chi connectivity index (χ2v) is 5.94. The minimum atomic E-state index is -3.83. The number of oxime groups is 1. The van der Waals surface area contributed by atoms with E-state index in [0.717, 1.165) is 0 Å². The van der Waals surface area contributed by atoms with Gasteiger partial charge >= 0.3 is 0 Å². The number of benzene rings is 1. The van der Waals surface area contributed by atoms with Crippen LogP contribution in [0.1, 0.15) is 17.0 Å². The van der Waals surface area contributed by atoms with Crippen LogP contribution in [0.25, 0.3) is 0 Å². The fourth-order valence-electron chi connectivity index (χ4n) is 1.86. The summed E-state index contributed by atoms with van der Waals surface area (Å²) in [5, 5.41) is 15.1. The van der Waals surface area contributed by atoms with Crippen molar-refractivity contribution in [2.24, 2.45) is 10.9 Å². The van der Waals surface area contributed by atoms with Gasteiger partial charge < -0.3 is 15.5 Å². The standard InChI is InChI=1S/C12H14N4O4S/c1-7-11(8(2)20-15-7)21(18,19)16-10-5-3-4-9(6-10)12(13)14-17/h3-6,16-17H,1-2H3,(H2,13,14). The minimum absolute atomic E-state index is 0.00306. The molecule has 2 rings (SSSR count). The lowest BCUT2D eigenvalue weighted by molar-refractivity contribution is 0.318. The molecule has 0 aliphatic carbocycles. The summed E-state index contributed by atoms with van der Waals surface area (Å²) in [6.45, 7) is 3.05. The zero-order chi connectivity index (χ0) is 15.6. The highest BCUT2D eigenvalue weighted by atomic mass is 32.2. The zero-order valence-corrected chi connectivity index (χ0v) is 12.2. The van der Waals surface area contributed by atoms with E-state index >= 15 is 0 Å². The Labute approximate surface area is 121 Å². The summed E-state index contributed by atoms with van der Waals surface area (Å²) >= 11 is 0. The SMILES string of the molecule is Cc1noc(C)c1S(=O)(=O)Nc1cccc(/C(N)=N/O)c1. The van der Waals surface area contributed by atoms with Crippen LogP contribution in [0.4, 0.5) is 5.69 Å². The summed E-state index contributed by atoms with van der Waals surface area (Å²) in [4.78, 5) is -0.00306. The highest BCUT2D eigenvalue weighted by Gasteiger charge is 2.24. The molecule has 1 aromatic carbocycles. The van der Waals surface area contributed by atoms with Crippen molar-refractivity contribution in [2.75, 3.05) is 4.72 Å². The second kappa shape index (κ2) is 5.44. The van der Waals surface area contributed by atoms with Crippen molar-refractivity contribution in [2.45, 2.75) is 18.7 Å². The van der Waals surface area contributed by atoms with Crippen molar-refractivity contribution in [3.8, 4) is 0 Å². The Kier molecular flexibility index (Phi) is 3.85. The van der Waals surface area contributed by atoms with Gasteiger partial charge in [0.05, 0.1) is 0 Å². The molecule has 112 valence electrons. The predicted molar refractivity (Wildman–Crippen MR) is 75.7 cm³/mol. The van der Waals surface area contributed by atoms with Gasteiger partial charge in [-0.25, -0.2) is 8.42 Å². The molecule has 0 bridgehead atoms. The fourth-order valence-corrected chi connectivity index (χ4v) is 3.25. The largest absolute Gasteiger partial charge is 0.409 e. The van der Waals surface area contributed by atoms with Crippen molar-refractivity contribution in [1.82, 2.24) is 5.16 Å². The number of nitrogens with two attached hydrogens (primary N) is 1. The molecular weight excluding hydrogens is 296 g/mol. The van der Waals surface area contributed by atoms with Crippen molar-refractivity contribution in [1.29, 1.82) is 0 Å². The second-order valence-electron chi connectivity index (χ2n) is 4.32. The molecule has 0 atom stereocenters. The lowest BCUT2D eigenvalue weighted by atomic mass is 10.2. The first-order chi connectivity index (χ1) is 9.85. The number of amidine groups is 1. The van der Waals surface area contributed by atoms with E-state index < -0.39 is 10.0 Å². The minimum Gasteiger partial charge on any atom is -0.409 e. The quantitative estimate of drug-likeness (QED) is 0.336. The van der Waals surface area contributed by atoms with Gasteiger partial charge in [0.2, 0.25) is 0 Å². The molecule has 4 N–H and O–H groups in total. The van der Waals surface area contributed by atoms with E-state index in [2.05, 4.69) is 15.0 Å². The van der Waals surface area contributed by atoms with Gasteiger partial charge in [-0.15, -0.1) is 0 Å². The van der Waals surface area contributed by atoms with Crippen LogP contribution in [0.15, 0.2) is 38.8 Å². The Hall–Kier alpha value is -2.55. The molecule has 0 amide bonds. The van der Waals surface area contributed by atoms with E-state index in [1.165, 1.54) is 19.9 Å². The van der Waals surface area contributed by atoms with E-state index in [0.29, 0.717) is 5.56 Å². The van der Waals surface area contributed by atoms with Gasteiger partial charge in [-0.3, -0.25) is 4.72 Å². The van der Waals surface area contributed by atoms with Crippen LogP contribution in [0.2, 0.25) is 0 Å². The lowest BCUT2D eigenvalue weighted by Gasteiger charge is -2.08. The summed E-state index contributed by atoms with van der Waals surface area (Å²) in [5.74, 6) is 0.0842. The van der Waals surface area contributed by atoms with Gasteiger partial charge in [-0.1, -0.05) is 22.4 Å². The van der Waals surface area contributed by atoms with E-state index in [1.54, 1.807) is 18.2 Å². The fraction of sp³-hybridized carbons (Fsp3) is 0.167. The summed E-state index contributed by atoms with van der Waals surface area (Å²) in [6.07, 6.45) is 0. The molecule has 0 fully saturated rings. The Bertz CT molecular complexity index is 776. The Balaban J connectivity index is 2.38. The maximum Gasteiger partial charge on any atom is 0.267 e. The van der Waals surface area contributed by atoms with Crippen molar-refractivity contribution >= 4 is 21.5 Å². The third-order valence-electron chi connectivity index (χ3n) is 2.75. The molecule has 2 aromatic rings. The third-order valence-corrected chi connectivity index (χ3v) is 4.38. The first kappa shape index (κ1) is 14.9. The van der Waals surface area contributed by atoms with Crippen LogP contribution < -0.4 is 10.5 Å². The average molecular weight is 310 g/mol. The van der Waals surface area contributed by atoms with Crippen molar-refractivity contribution in [3.63, 3.8) is 0 Å². The van der Waals surface area contributed by atoms with Crippen LogP contribution in [-0.2, 0) is 10.0 Å². The number of hydrogen-bond acceptors (Lipinski definition) is 6. The lowest BCUT2D eigenvalue weighted by Crippen LogP contribution is -2.16. The molecule has 1 aromatic heterocycles. The number of aromatic nitrogens is 1. The van der Waals surface area contributed by atoms with Crippen LogP contribution in [-0.4, -0.2) is 24.6 Å². The summed E-state index contributed by atoms with van der Waals surface area (Å²) in [5.41, 5.74) is 6.40. The number of rotatable bonds is 4. The molecule has 0 aliphatic heterocycles. The monoisotopic (exact) mass is 310 g/mol. The zero-order valence-electron chi connectivity index (χ0n) is 11.4. The van der Waals surface area contributed by atoms with E-state index in [1.807, 2.05) is 0 Å². The molecule has 0 radical (unpaired) electrons. The number of hydrogen-bond donors (Lipinski definition) is 3. The summed E-state index contributed by atoms with van der Waals surface area (Å²) < 4.78 is 31.9. The topological polar surface area (TPSA) is 131 Å². The molecule has 0 aliphatic rings. The molecule has 21 heavy (non-hydrogen) atoms. The van der Waals surface area contributed by atoms with E-state index in [-0.39, 0.29) is 27.9 Å². The van der Waals surface area contributed by atoms with Gasteiger partial charge in [0.1, 0.15) is 5.69 Å². The van der Waals surface area contributed by atoms with Gasteiger partial charge in [0.25, 0.3) is 10.0 Å². The van der Waals surface area contributed by atoms with Gasteiger partial charge in [0, 0.05) is 11.3 Å². The van der Waals surface area contributed by atoms with E-state index in [4.69, 9.17) is 15.5 Å². The first-order valence-corrected chi connectivity index (χ1v) is 7.37. The van der Waals surface area contributed by atoms with Gasteiger partial charge in [0.15, 0.2) is 16.5 Å². The number of nitrogens with one attached hydrogen (secondary N) is 1. The molecule has 0 saturated heterocycles. The highest BCUT2D eigenvalue weighted by Crippen LogP contribution is 2.22. The smallest absolute Gasteiger partial charge is 0.267 e. The normalized spacial score (nSPS) is 12.4. The third kappa shape index (κ3) is 2.97. The molecule has 1 heterocycles. The van der Waals surface area contributed by atoms with Crippen molar-refractivity contribution < 1.29 is 18.1 Å². The molecule has 8 nitrogen and oxygen atoms in total. The Morgan fingerprint density at radius 1 is 1.43 bits per heavy atom. The van der Waals surface area contributed by atoms with Gasteiger partial charge in [-0.05, 0) is 26.0 Å². The first-order valence-electron chi connectivity index (χ1n) is 5.89. The molecule has 9 heteroatoms. The molecule has 0 spiro atoms. The molecule has 0 unspecified atom stereocenters. The maximum absolute atomic E-state index is 12.3. The number of sulfonamides is 1. The number of aryl methyl sites for hydroxylation is 2. The predicted octanol–water partition coefficient (Wildman–Crippen LogP) is 1.19. The van der Waals surface area contributed by atoms with Crippen LogP contribution in [0.3, 0.4) is 0 Å². The van der Waals surface area contributed by atoms with Crippen LogP contribution in [0, 0.1) is 13.8 Å². The molecular formula is C12H14N4O4S. The van der Waals surface area contributed by atoms with Crippen LogP contribution >= 0.6 is 0 Å². The number of anilines is 1. The van der Waals surface area contributed by atoms with Gasteiger partial charge in [-0.2, -0.15) is 0 Å². The Morgan fingerprint density at radius 3 is 2.71 bits per heavy atom. The van der Waals surface area contributed by atoms with Crippen molar-refractivity contribution in [3.05, 3.63) is 41.3 Å². The number of nitrogens with zero attached hydrogens (tertiary/aromatic N) is 2. The maximum atomic E-state index is 12.3. The highest BCUT2D eigenvalue weighted by molar-refractivity contribution is 7.92.